The van der Waals surface area contributed by atoms with E-state index in [1.54, 1.807) is 10.9 Å². The molecule has 22 heavy (non-hydrogen) atoms. The highest BCUT2D eigenvalue weighted by Gasteiger charge is 2.10. The fourth-order valence-corrected chi connectivity index (χ4v) is 2.11. The molecule has 3 rings (SSSR count). The summed E-state index contributed by atoms with van der Waals surface area (Å²) < 4.78 is 1.70. The largest absolute Gasteiger partial charge is 0.472 e. The van der Waals surface area contributed by atoms with E-state index in [1.165, 1.54) is 0 Å². The van der Waals surface area contributed by atoms with Gasteiger partial charge in [0.25, 0.3) is 0 Å². The van der Waals surface area contributed by atoms with Gasteiger partial charge in [0.05, 0.1) is 11.3 Å². The molecule has 0 saturated heterocycles. The second-order valence-corrected chi connectivity index (χ2v) is 4.59. The number of carbonyl (C=O) groups is 1. The van der Waals surface area contributed by atoms with E-state index >= 15 is 0 Å². The predicted octanol–water partition coefficient (Wildman–Crippen LogP) is 2.98. The first-order valence-corrected chi connectivity index (χ1v) is 6.69. The zero-order valence-corrected chi connectivity index (χ0v) is 11.6. The SMILES string of the molecule is O=C(O)C#Cc1cn(-c2ccccc2)nc1-c1ccccc1. The highest BCUT2D eigenvalue weighted by Crippen LogP contribution is 2.22. The normalized spacial score (nSPS) is 9.82. The van der Waals surface area contributed by atoms with Crippen LogP contribution in [0.5, 0.6) is 0 Å². The first-order valence-electron chi connectivity index (χ1n) is 6.69. The molecule has 1 N–H and O–H groups in total. The number of benzene rings is 2. The van der Waals surface area contributed by atoms with Crippen LogP contribution in [0.25, 0.3) is 16.9 Å². The first kappa shape index (κ1) is 13.7. The van der Waals surface area contributed by atoms with Crippen LogP contribution in [0.15, 0.2) is 66.9 Å². The van der Waals surface area contributed by atoms with Crippen molar-refractivity contribution in [3.05, 3.63) is 72.4 Å². The summed E-state index contributed by atoms with van der Waals surface area (Å²) in [6, 6.07) is 19.2. The lowest BCUT2D eigenvalue weighted by molar-refractivity contribution is -0.130. The van der Waals surface area contributed by atoms with Gasteiger partial charge in [-0.25, -0.2) is 9.48 Å². The quantitative estimate of drug-likeness (QED) is 0.738. The van der Waals surface area contributed by atoms with Gasteiger partial charge in [0.1, 0.15) is 5.69 Å². The Balaban J connectivity index is 2.14. The molecule has 0 radical (unpaired) electrons. The maximum Gasteiger partial charge on any atom is 0.382 e. The average molecular weight is 288 g/mol. The minimum absolute atomic E-state index is 0.581. The van der Waals surface area contributed by atoms with Gasteiger partial charge < -0.3 is 5.11 Å². The third-order valence-corrected chi connectivity index (χ3v) is 3.09. The van der Waals surface area contributed by atoms with E-state index in [0.717, 1.165) is 11.3 Å². The Morgan fingerprint density at radius 3 is 2.27 bits per heavy atom. The fourth-order valence-electron chi connectivity index (χ4n) is 2.11. The van der Waals surface area contributed by atoms with Crippen molar-refractivity contribution in [1.29, 1.82) is 0 Å². The summed E-state index contributed by atoms with van der Waals surface area (Å²) in [5, 5.41) is 13.3. The van der Waals surface area contributed by atoms with Crippen LogP contribution in [-0.4, -0.2) is 20.9 Å². The van der Waals surface area contributed by atoms with Crippen molar-refractivity contribution in [3.8, 4) is 28.8 Å². The lowest BCUT2D eigenvalue weighted by Crippen LogP contribution is -1.93. The number of carboxylic acid groups (broad SMARTS) is 1. The minimum atomic E-state index is -1.16. The smallest absolute Gasteiger partial charge is 0.382 e. The Labute approximate surface area is 127 Å². The summed E-state index contributed by atoms with van der Waals surface area (Å²) in [4.78, 5) is 10.7. The minimum Gasteiger partial charge on any atom is -0.472 e. The Bertz CT molecular complexity index is 856. The van der Waals surface area contributed by atoms with E-state index in [-0.39, 0.29) is 0 Å². The lowest BCUT2D eigenvalue weighted by Gasteiger charge is -1.99. The third kappa shape index (κ3) is 2.89. The molecule has 0 saturated carbocycles. The highest BCUT2D eigenvalue weighted by molar-refractivity contribution is 5.87. The highest BCUT2D eigenvalue weighted by atomic mass is 16.4. The molecule has 0 atom stereocenters. The summed E-state index contributed by atoms with van der Waals surface area (Å²) in [5.74, 6) is 3.66. The summed E-state index contributed by atoms with van der Waals surface area (Å²) in [6.45, 7) is 0. The molecule has 1 heterocycles. The molecular formula is C18H12N2O2. The summed E-state index contributed by atoms with van der Waals surface area (Å²) in [6.07, 6.45) is 1.74. The van der Waals surface area contributed by atoms with Gasteiger partial charge in [-0.05, 0) is 12.1 Å². The van der Waals surface area contributed by atoms with Gasteiger partial charge in [-0.15, -0.1) is 0 Å². The molecule has 0 bridgehead atoms. The van der Waals surface area contributed by atoms with Crippen molar-refractivity contribution in [1.82, 2.24) is 9.78 Å². The molecule has 0 aliphatic carbocycles. The van der Waals surface area contributed by atoms with Gasteiger partial charge in [-0.2, -0.15) is 5.10 Å². The summed E-state index contributed by atoms with van der Waals surface area (Å²) >= 11 is 0. The fraction of sp³-hybridized carbons (Fsp3) is 0. The molecule has 0 spiro atoms. The monoisotopic (exact) mass is 288 g/mol. The van der Waals surface area contributed by atoms with Crippen molar-refractivity contribution in [3.63, 3.8) is 0 Å². The molecule has 1 aromatic heterocycles. The van der Waals surface area contributed by atoms with Crippen LogP contribution < -0.4 is 0 Å². The number of hydrogen-bond acceptors (Lipinski definition) is 2. The molecule has 0 unspecified atom stereocenters. The van der Waals surface area contributed by atoms with Gasteiger partial charge in [-0.1, -0.05) is 54.5 Å². The van der Waals surface area contributed by atoms with Gasteiger partial charge in [-0.3, -0.25) is 0 Å². The summed E-state index contributed by atoms with van der Waals surface area (Å²) in [7, 11) is 0. The van der Waals surface area contributed by atoms with Crippen molar-refractivity contribution >= 4 is 5.97 Å². The van der Waals surface area contributed by atoms with Crippen LogP contribution in [0.3, 0.4) is 0 Å². The zero-order chi connectivity index (χ0) is 15.4. The van der Waals surface area contributed by atoms with Gasteiger partial charge in [0.2, 0.25) is 0 Å². The zero-order valence-electron chi connectivity index (χ0n) is 11.6. The molecule has 0 aliphatic heterocycles. The molecule has 2 aromatic carbocycles. The van der Waals surface area contributed by atoms with E-state index in [0.29, 0.717) is 11.3 Å². The lowest BCUT2D eigenvalue weighted by atomic mass is 10.1. The van der Waals surface area contributed by atoms with E-state index < -0.39 is 5.97 Å². The Hall–Kier alpha value is -3.32. The van der Waals surface area contributed by atoms with Gasteiger partial charge in [0.15, 0.2) is 0 Å². The van der Waals surface area contributed by atoms with E-state index in [1.807, 2.05) is 60.7 Å². The molecule has 0 fully saturated rings. The van der Waals surface area contributed by atoms with Gasteiger partial charge >= 0.3 is 5.97 Å². The van der Waals surface area contributed by atoms with Crippen LogP contribution in [-0.2, 0) is 4.79 Å². The Morgan fingerprint density at radius 2 is 1.64 bits per heavy atom. The number of aromatic nitrogens is 2. The van der Waals surface area contributed by atoms with Crippen LogP contribution in [0, 0.1) is 11.8 Å². The van der Waals surface area contributed by atoms with Crippen LogP contribution in [0.1, 0.15) is 5.56 Å². The maximum absolute atomic E-state index is 10.7. The van der Waals surface area contributed by atoms with E-state index in [4.69, 9.17) is 5.11 Å². The van der Waals surface area contributed by atoms with Crippen LogP contribution >= 0.6 is 0 Å². The standard InChI is InChI=1S/C18H12N2O2/c21-17(22)12-11-15-13-20(16-9-5-2-6-10-16)19-18(15)14-7-3-1-4-8-14/h1-10,13H,(H,21,22). The molecule has 3 aromatic rings. The number of para-hydroxylation sites is 1. The second kappa shape index (κ2) is 5.98. The second-order valence-electron chi connectivity index (χ2n) is 4.59. The van der Waals surface area contributed by atoms with Gasteiger partial charge in [0, 0.05) is 17.7 Å². The first-order chi connectivity index (χ1) is 10.7. The van der Waals surface area contributed by atoms with Crippen molar-refractivity contribution < 1.29 is 9.90 Å². The van der Waals surface area contributed by atoms with E-state index in [9.17, 15) is 4.79 Å². The summed E-state index contributed by atoms with van der Waals surface area (Å²) in [5.41, 5.74) is 3.03. The molecule has 4 nitrogen and oxygen atoms in total. The molecule has 4 heteroatoms. The predicted molar refractivity (Wildman–Crippen MR) is 83.5 cm³/mol. The number of hydrogen-bond donors (Lipinski definition) is 1. The number of carboxylic acids is 1. The number of aliphatic carboxylic acids is 1. The molecule has 0 amide bonds. The number of rotatable bonds is 2. The Kier molecular flexibility index (Phi) is 3.71. The van der Waals surface area contributed by atoms with Crippen molar-refractivity contribution in [2.75, 3.05) is 0 Å². The maximum atomic E-state index is 10.7. The molecule has 0 aliphatic rings. The Morgan fingerprint density at radius 1 is 1.00 bits per heavy atom. The number of nitrogens with zero attached hydrogens (tertiary/aromatic N) is 2. The van der Waals surface area contributed by atoms with Crippen LogP contribution in [0.2, 0.25) is 0 Å². The molecular weight excluding hydrogens is 276 g/mol. The van der Waals surface area contributed by atoms with Crippen molar-refractivity contribution in [2.24, 2.45) is 0 Å². The average Bonchev–Trinajstić information content (AvgIpc) is 2.99. The third-order valence-electron chi connectivity index (χ3n) is 3.09. The molecule has 106 valence electrons. The van der Waals surface area contributed by atoms with Crippen LogP contribution in [0.4, 0.5) is 0 Å². The van der Waals surface area contributed by atoms with Crippen molar-refractivity contribution in [2.45, 2.75) is 0 Å². The van der Waals surface area contributed by atoms with E-state index in [2.05, 4.69) is 16.9 Å². The topological polar surface area (TPSA) is 55.1 Å².